The molecule has 4 heteroatoms. The number of halogens is 2. The molecule has 1 aliphatic rings. The van der Waals surface area contributed by atoms with Gasteiger partial charge < -0.3 is 5.32 Å². The molecule has 1 saturated heterocycles. The van der Waals surface area contributed by atoms with E-state index in [0.29, 0.717) is 12.6 Å². The summed E-state index contributed by atoms with van der Waals surface area (Å²) in [6, 6.07) is 5.79. The van der Waals surface area contributed by atoms with Crippen molar-refractivity contribution in [2.45, 2.75) is 38.8 Å². The lowest BCUT2D eigenvalue weighted by atomic mass is 10.0. The Morgan fingerprint density at radius 1 is 1.37 bits per heavy atom. The van der Waals surface area contributed by atoms with Gasteiger partial charge in [0.25, 0.3) is 0 Å². The molecule has 106 valence electrons. The zero-order valence-corrected chi connectivity index (χ0v) is 13.0. The summed E-state index contributed by atoms with van der Waals surface area (Å²) in [6.45, 7) is 6.09. The average Bonchev–Trinajstić information content (AvgIpc) is 2.43. The van der Waals surface area contributed by atoms with E-state index in [2.05, 4.69) is 33.1 Å². The molecule has 1 N–H and O–H groups in total. The number of piperidine rings is 1. The van der Waals surface area contributed by atoms with Gasteiger partial charge in [-0.15, -0.1) is 0 Å². The van der Waals surface area contributed by atoms with Crippen LogP contribution in [0.15, 0.2) is 22.7 Å². The van der Waals surface area contributed by atoms with E-state index in [1.165, 1.54) is 0 Å². The Balaban J connectivity index is 2.08. The number of hydrogen-bond donors (Lipinski definition) is 1. The van der Waals surface area contributed by atoms with Crippen LogP contribution in [0, 0.1) is 5.82 Å². The van der Waals surface area contributed by atoms with Crippen molar-refractivity contribution in [3.05, 3.63) is 34.1 Å². The minimum atomic E-state index is -0.0989. The third-order valence-electron chi connectivity index (χ3n) is 3.72. The summed E-state index contributed by atoms with van der Waals surface area (Å²) < 4.78 is 14.8. The highest BCUT2D eigenvalue weighted by Crippen LogP contribution is 2.20. The molecule has 0 spiro atoms. The summed E-state index contributed by atoms with van der Waals surface area (Å²) in [5.41, 5.74) is 0.793. The highest BCUT2D eigenvalue weighted by molar-refractivity contribution is 9.10. The Bertz CT molecular complexity index is 405. The molecule has 0 unspecified atom stereocenters. The fourth-order valence-electron chi connectivity index (χ4n) is 2.73. The first-order valence-corrected chi connectivity index (χ1v) is 7.88. The Morgan fingerprint density at radius 2 is 2.11 bits per heavy atom. The molecule has 0 radical (unpaired) electrons. The molecule has 0 bridgehead atoms. The van der Waals surface area contributed by atoms with Gasteiger partial charge in [0.15, 0.2) is 0 Å². The monoisotopic (exact) mass is 328 g/mol. The van der Waals surface area contributed by atoms with E-state index in [4.69, 9.17) is 0 Å². The Kier molecular flexibility index (Phi) is 5.79. The highest BCUT2D eigenvalue weighted by Gasteiger charge is 2.21. The van der Waals surface area contributed by atoms with Crippen LogP contribution >= 0.6 is 15.9 Å². The summed E-state index contributed by atoms with van der Waals surface area (Å²) in [4.78, 5) is 2.44. The maximum Gasteiger partial charge on any atom is 0.127 e. The van der Waals surface area contributed by atoms with E-state index in [1.54, 1.807) is 12.1 Å². The first-order chi connectivity index (χ1) is 9.20. The minimum Gasteiger partial charge on any atom is -0.317 e. The highest BCUT2D eigenvalue weighted by atomic mass is 79.9. The third kappa shape index (κ3) is 4.26. The molecule has 0 amide bonds. The van der Waals surface area contributed by atoms with Crippen LogP contribution in [0.4, 0.5) is 4.39 Å². The molecular weight excluding hydrogens is 307 g/mol. The molecule has 1 fully saturated rings. The minimum absolute atomic E-state index is 0.0989. The molecular formula is C15H22BrFN2. The summed E-state index contributed by atoms with van der Waals surface area (Å²) in [6.07, 6.45) is 3.44. The largest absolute Gasteiger partial charge is 0.317 e. The van der Waals surface area contributed by atoms with Crippen LogP contribution in [0.2, 0.25) is 0 Å². The van der Waals surface area contributed by atoms with Crippen molar-refractivity contribution >= 4 is 15.9 Å². The molecule has 1 aromatic rings. The SMILES string of the molecule is CCCN(Cc1cc(Br)ccc1F)C1CCNCC1. The van der Waals surface area contributed by atoms with Gasteiger partial charge in [0.2, 0.25) is 0 Å². The molecule has 0 atom stereocenters. The van der Waals surface area contributed by atoms with E-state index in [9.17, 15) is 4.39 Å². The predicted molar refractivity (Wildman–Crippen MR) is 80.7 cm³/mol. The van der Waals surface area contributed by atoms with Crippen molar-refractivity contribution in [3.63, 3.8) is 0 Å². The van der Waals surface area contributed by atoms with E-state index in [1.807, 2.05) is 6.07 Å². The molecule has 1 aromatic carbocycles. The van der Waals surface area contributed by atoms with Crippen molar-refractivity contribution in [2.24, 2.45) is 0 Å². The van der Waals surface area contributed by atoms with Crippen molar-refractivity contribution in [2.75, 3.05) is 19.6 Å². The van der Waals surface area contributed by atoms with Crippen molar-refractivity contribution in [1.29, 1.82) is 0 Å². The summed E-state index contributed by atoms with van der Waals surface area (Å²) in [5.74, 6) is -0.0989. The fourth-order valence-corrected chi connectivity index (χ4v) is 3.14. The average molecular weight is 329 g/mol. The lowest BCUT2D eigenvalue weighted by molar-refractivity contribution is 0.152. The van der Waals surface area contributed by atoms with E-state index in [0.717, 1.165) is 48.9 Å². The predicted octanol–water partition coefficient (Wildman–Crippen LogP) is 3.55. The van der Waals surface area contributed by atoms with E-state index in [-0.39, 0.29) is 5.82 Å². The first-order valence-electron chi connectivity index (χ1n) is 7.09. The number of hydrogen-bond acceptors (Lipinski definition) is 2. The molecule has 1 heterocycles. The molecule has 19 heavy (non-hydrogen) atoms. The topological polar surface area (TPSA) is 15.3 Å². The van der Waals surface area contributed by atoms with Crippen LogP contribution in [0.1, 0.15) is 31.7 Å². The van der Waals surface area contributed by atoms with Crippen LogP contribution < -0.4 is 5.32 Å². The maximum absolute atomic E-state index is 13.9. The van der Waals surface area contributed by atoms with Crippen LogP contribution in [0.3, 0.4) is 0 Å². The molecule has 2 rings (SSSR count). The summed E-state index contributed by atoms with van der Waals surface area (Å²) in [5, 5.41) is 3.39. The first kappa shape index (κ1) is 14.9. The Morgan fingerprint density at radius 3 is 2.79 bits per heavy atom. The van der Waals surface area contributed by atoms with Crippen molar-refractivity contribution < 1.29 is 4.39 Å². The molecule has 2 nitrogen and oxygen atoms in total. The van der Waals surface area contributed by atoms with Gasteiger partial charge in [0.1, 0.15) is 5.82 Å². The number of nitrogens with zero attached hydrogens (tertiary/aromatic N) is 1. The lowest BCUT2D eigenvalue weighted by Gasteiger charge is -2.34. The second-order valence-corrected chi connectivity index (χ2v) is 6.10. The smallest absolute Gasteiger partial charge is 0.127 e. The van der Waals surface area contributed by atoms with Crippen molar-refractivity contribution in [1.82, 2.24) is 10.2 Å². The van der Waals surface area contributed by atoms with Gasteiger partial charge in [-0.1, -0.05) is 22.9 Å². The number of benzene rings is 1. The summed E-state index contributed by atoms with van der Waals surface area (Å²) in [7, 11) is 0. The Hall–Kier alpha value is -0.450. The summed E-state index contributed by atoms with van der Waals surface area (Å²) >= 11 is 3.43. The van der Waals surface area contributed by atoms with Crippen molar-refractivity contribution in [3.8, 4) is 0 Å². The van der Waals surface area contributed by atoms with Gasteiger partial charge in [-0.3, -0.25) is 4.90 Å². The zero-order valence-electron chi connectivity index (χ0n) is 11.5. The Labute approximate surface area is 123 Å². The number of nitrogens with one attached hydrogen (secondary N) is 1. The van der Waals surface area contributed by atoms with Crippen LogP contribution in [-0.2, 0) is 6.54 Å². The van der Waals surface area contributed by atoms with Crippen LogP contribution in [0.5, 0.6) is 0 Å². The standard InChI is InChI=1S/C15H22BrFN2/c1-2-9-19(14-5-7-18-8-6-14)11-12-10-13(16)3-4-15(12)17/h3-4,10,14,18H,2,5-9,11H2,1H3. The van der Waals surface area contributed by atoms with Gasteiger partial charge in [-0.25, -0.2) is 4.39 Å². The van der Waals surface area contributed by atoms with E-state index >= 15 is 0 Å². The normalized spacial score (nSPS) is 17.1. The maximum atomic E-state index is 13.9. The fraction of sp³-hybridized carbons (Fsp3) is 0.600. The third-order valence-corrected chi connectivity index (χ3v) is 4.21. The molecule has 1 aliphatic heterocycles. The zero-order chi connectivity index (χ0) is 13.7. The van der Waals surface area contributed by atoms with Gasteiger partial charge in [0, 0.05) is 22.6 Å². The second kappa shape index (κ2) is 7.36. The quantitative estimate of drug-likeness (QED) is 0.889. The lowest BCUT2D eigenvalue weighted by Crippen LogP contribution is -2.43. The number of rotatable bonds is 5. The van der Waals surface area contributed by atoms with Gasteiger partial charge in [-0.2, -0.15) is 0 Å². The molecule has 0 saturated carbocycles. The van der Waals surface area contributed by atoms with Crippen LogP contribution in [0.25, 0.3) is 0 Å². The molecule has 0 aromatic heterocycles. The van der Waals surface area contributed by atoms with Gasteiger partial charge in [0.05, 0.1) is 0 Å². The van der Waals surface area contributed by atoms with Crippen LogP contribution in [-0.4, -0.2) is 30.6 Å². The molecule has 0 aliphatic carbocycles. The van der Waals surface area contributed by atoms with Gasteiger partial charge in [-0.05, 0) is 57.1 Å². The van der Waals surface area contributed by atoms with Gasteiger partial charge >= 0.3 is 0 Å². The second-order valence-electron chi connectivity index (χ2n) is 5.19. The van der Waals surface area contributed by atoms with E-state index < -0.39 is 0 Å².